The summed E-state index contributed by atoms with van der Waals surface area (Å²) in [6, 6.07) is 0.557. The first-order valence-electron chi connectivity index (χ1n) is 7.45. The van der Waals surface area contributed by atoms with Gasteiger partial charge < -0.3 is 10.2 Å². The number of nitrogens with one attached hydrogen (secondary N) is 1. The second-order valence-corrected chi connectivity index (χ2v) is 6.89. The lowest BCUT2D eigenvalue weighted by Gasteiger charge is -2.32. The van der Waals surface area contributed by atoms with Crippen LogP contribution in [0.2, 0.25) is 0 Å². The van der Waals surface area contributed by atoms with Crippen molar-refractivity contribution in [1.82, 2.24) is 15.1 Å². The molecule has 2 aliphatic heterocycles. The van der Waals surface area contributed by atoms with Crippen LogP contribution in [0, 0.1) is 13.8 Å². The van der Waals surface area contributed by atoms with Crippen LogP contribution in [0.1, 0.15) is 27.2 Å². The molecule has 3 heterocycles. The number of carbonyl (C=O) groups is 1. The van der Waals surface area contributed by atoms with Crippen LogP contribution in [0.15, 0.2) is 5.38 Å². The number of likely N-dealkylation sites (tertiary alicyclic amines) is 1. The molecule has 1 unspecified atom stereocenters. The van der Waals surface area contributed by atoms with Gasteiger partial charge in [0.2, 0.25) is 0 Å². The Bertz CT molecular complexity index is 499. The van der Waals surface area contributed by atoms with Crippen molar-refractivity contribution in [3.63, 3.8) is 0 Å². The first kappa shape index (κ1) is 16.7. The van der Waals surface area contributed by atoms with E-state index in [1.165, 1.54) is 4.88 Å². The monoisotopic (exact) mass is 329 g/mol. The van der Waals surface area contributed by atoms with Gasteiger partial charge in [0.15, 0.2) is 0 Å². The standard InChI is InChI=1S/C15H23N3OS.ClH/c1-11-12(2)20-10-14(11)15(19)18-6-3-13(9-18)17-7-4-16-5-8-17;/h10,13,16H,3-9H2,1-2H3;1H. The van der Waals surface area contributed by atoms with Gasteiger partial charge in [0.25, 0.3) is 5.91 Å². The zero-order valence-corrected chi connectivity index (χ0v) is 14.4. The van der Waals surface area contributed by atoms with Crippen molar-refractivity contribution in [1.29, 1.82) is 0 Å². The number of aryl methyl sites for hydroxylation is 1. The normalized spacial score (nSPS) is 23.1. The van der Waals surface area contributed by atoms with Gasteiger partial charge in [-0.2, -0.15) is 0 Å². The van der Waals surface area contributed by atoms with Crippen LogP contribution in [0.5, 0.6) is 0 Å². The Labute approximate surface area is 136 Å². The zero-order chi connectivity index (χ0) is 14.1. The van der Waals surface area contributed by atoms with Crippen LogP contribution in [-0.2, 0) is 0 Å². The Balaban J connectivity index is 0.00000161. The maximum Gasteiger partial charge on any atom is 0.255 e. The van der Waals surface area contributed by atoms with E-state index in [0.29, 0.717) is 6.04 Å². The summed E-state index contributed by atoms with van der Waals surface area (Å²) in [6.07, 6.45) is 1.12. The summed E-state index contributed by atoms with van der Waals surface area (Å²) in [5.74, 6) is 0.226. The maximum absolute atomic E-state index is 12.6. The van der Waals surface area contributed by atoms with Crippen molar-refractivity contribution in [2.75, 3.05) is 39.3 Å². The van der Waals surface area contributed by atoms with Crippen molar-refractivity contribution >= 4 is 29.7 Å². The molecule has 2 aliphatic rings. The van der Waals surface area contributed by atoms with E-state index in [0.717, 1.165) is 56.8 Å². The number of hydrogen-bond acceptors (Lipinski definition) is 4. The fourth-order valence-electron chi connectivity index (χ4n) is 3.17. The Morgan fingerprint density at radius 1 is 1.29 bits per heavy atom. The molecule has 3 rings (SSSR count). The Kier molecular flexibility index (Phi) is 5.66. The number of thiophene rings is 1. The van der Waals surface area contributed by atoms with E-state index in [1.54, 1.807) is 11.3 Å². The highest BCUT2D eigenvalue weighted by molar-refractivity contribution is 7.10. The fraction of sp³-hybridized carbons (Fsp3) is 0.667. The summed E-state index contributed by atoms with van der Waals surface area (Å²) in [5, 5.41) is 5.41. The van der Waals surface area contributed by atoms with Crippen LogP contribution in [0.4, 0.5) is 0 Å². The van der Waals surface area contributed by atoms with E-state index < -0.39 is 0 Å². The van der Waals surface area contributed by atoms with E-state index in [9.17, 15) is 4.79 Å². The molecule has 1 aromatic rings. The van der Waals surface area contributed by atoms with E-state index in [-0.39, 0.29) is 18.3 Å². The molecule has 2 fully saturated rings. The van der Waals surface area contributed by atoms with Crippen LogP contribution in [0.3, 0.4) is 0 Å². The van der Waals surface area contributed by atoms with Gasteiger partial charge in [-0.3, -0.25) is 9.69 Å². The number of amides is 1. The number of halogens is 1. The molecule has 4 nitrogen and oxygen atoms in total. The molecule has 2 saturated heterocycles. The van der Waals surface area contributed by atoms with E-state index in [1.807, 2.05) is 10.3 Å². The molecule has 1 aromatic heterocycles. The molecule has 0 saturated carbocycles. The highest BCUT2D eigenvalue weighted by atomic mass is 35.5. The summed E-state index contributed by atoms with van der Waals surface area (Å²) in [4.78, 5) is 18.4. The predicted molar refractivity (Wildman–Crippen MR) is 89.8 cm³/mol. The first-order chi connectivity index (χ1) is 9.66. The fourth-order valence-corrected chi connectivity index (χ4v) is 4.03. The average Bonchev–Trinajstić information content (AvgIpc) is 3.08. The summed E-state index contributed by atoms with van der Waals surface area (Å²) >= 11 is 1.68. The molecule has 0 spiro atoms. The molecule has 0 bridgehead atoms. The van der Waals surface area contributed by atoms with E-state index >= 15 is 0 Å². The Hall–Kier alpha value is -0.620. The van der Waals surface area contributed by atoms with E-state index in [4.69, 9.17) is 0 Å². The first-order valence-corrected chi connectivity index (χ1v) is 8.33. The second-order valence-electron chi connectivity index (χ2n) is 5.81. The van der Waals surface area contributed by atoms with Gasteiger partial charge in [0.05, 0.1) is 5.56 Å². The number of piperazine rings is 1. The van der Waals surface area contributed by atoms with Crippen molar-refractivity contribution in [3.05, 3.63) is 21.4 Å². The van der Waals surface area contributed by atoms with Crippen LogP contribution >= 0.6 is 23.7 Å². The molecule has 1 amide bonds. The van der Waals surface area contributed by atoms with Gasteiger partial charge in [-0.05, 0) is 25.8 Å². The lowest BCUT2D eigenvalue weighted by Crippen LogP contribution is -2.49. The summed E-state index contributed by atoms with van der Waals surface area (Å²) < 4.78 is 0. The molecule has 0 aliphatic carbocycles. The molecular formula is C15H24ClN3OS. The molecule has 1 N–H and O–H groups in total. The quantitative estimate of drug-likeness (QED) is 0.900. The van der Waals surface area contributed by atoms with Gasteiger partial charge in [-0.25, -0.2) is 0 Å². The highest BCUT2D eigenvalue weighted by Gasteiger charge is 2.32. The third-order valence-corrected chi connectivity index (χ3v) is 5.65. The minimum absolute atomic E-state index is 0. The topological polar surface area (TPSA) is 35.6 Å². The number of nitrogens with zero attached hydrogens (tertiary/aromatic N) is 2. The molecule has 118 valence electrons. The van der Waals surface area contributed by atoms with Gasteiger partial charge in [-0.15, -0.1) is 23.7 Å². The zero-order valence-electron chi connectivity index (χ0n) is 12.7. The SMILES string of the molecule is Cc1scc(C(=O)N2CCC(N3CCNCC3)C2)c1C.Cl. The summed E-state index contributed by atoms with van der Waals surface area (Å²) in [5.41, 5.74) is 2.07. The minimum Gasteiger partial charge on any atom is -0.337 e. The van der Waals surface area contributed by atoms with Crippen molar-refractivity contribution in [2.45, 2.75) is 26.3 Å². The number of hydrogen-bond donors (Lipinski definition) is 1. The van der Waals surface area contributed by atoms with Crippen molar-refractivity contribution < 1.29 is 4.79 Å². The predicted octanol–water partition coefficient (Wildman–Crippen LogP) is 1.91. The molecule has 0 radical (unpaired) electrons. The van der Waals surface area contributed by atoms with Crippen LogP contribution in [-0.4, -0.2) is 61.0 Å². The Morgan fingerprint density at radius 2 is 2.00 bits per heavy atom. The smallest absolute Gasteiger partial charge is 0.255 e. The Morgan fingerprint density at radius 3 is 2.62 bits per heavy atom. The molecule has 0 aromatic carbocycles. The van der Waals surface area contributed by atoms with Crippen molar-refractivity contribution in [3.8, 4) is 0 Å². The number of rotatable bonds is 2. The van der Waals surface area contributed by atoms with Gasteiger partial charge in [0.1, 0.15) is 0 Å². The van der Waals surface area contributed by atoms with Crippen LogP contribution < -0.4 is 5.32 Å². The van der Waals surface area contributed by atoms with Gasteiger partial charge >= 0.3 is 0 Å². The third-order valence-electron chi connectivity index (χ3n) is 4.63. The molecule has 1 atom stereocenters. The van der Waals surface area contributed by atoms with Crippen molar-refractivity contribution in [2.24, 2.45) is 0 Å². The molecule has 6 heteroatoms. The highest BCUT2D eigenvalue weighted by Crippen LogP contribution is 2.24. The minimum atomic E-state index is 0. The lowest BCUT2D eigenvalue weighted by atomic mass is 10.1. The summed E-state index contributed by atoms with van der Waals surface area (Å²) in [6.45, 7) is 10.3. The van der Waals surface area contributed by atoms with Gasteiger partial charge in [-0.1, -0.05) is 0 Å². The van der Waals surface area contributed by atoms with Gasteiger partial charge in [0, 0.05) is 55.6 Å². The maximum atomic E-state index is 12.6. The molecular weight excluding hydrogens is 306 g/mol. The second kappa shape index (κ2) is 7.09. The molecule has 21 heavy (non-hydrogen) atoms. The third kappa shape index (κ3) is 3.42. The number of carbonyl (C=O) groups excluding carboxylic acids is 1. The van der Waals surface area contributed by atoms with Crippen LogP contribution in [0.25, 0.3) is 0 Å². The average molecular weight is 330 g/mol. The largest absolute Gasteiger partial charge is 0.337 e. The lowest BCUT2D eigenvalue weighted by molar-refractivity contribution is 0.0773. The van der Waals surface area contributed by atoms with E-state index in [2.05, 4.69) is 24.1 Å². The summed E-state index contributed by atoms with van der Waals surface area (Å²) in [7, 11) is 0.